The van der Waals surface area contributed by atoms with Crippen LogP contribution in [0.3, 0.4) is 0 Å². The summed E-state index contributed by atoms with van der Waals surface area (Å²) in [6.07, 6.45) is 7.51. The van der Waals surface area contributed by atoms with E-state index in [0.717, 1.165) is 58.0 Å². The molecule has 4 heteroatoms. The first-order valence-electron chi connectivity index (χ1n) is 11.8. The highest BCUT2D eigenvalue weighted by molar-refractivity contribution is 5.92. The Hall–Kier alpha value is -2.36. The van der Waals surface area contributed by atoms with Crippen LogP contribution in [0.5, 0.6) is 0 Å². The first kappa shape index (κ1) is 18.4. The molecular weight excluding hydrogens is 372 g/mol. The van der Waals surface area contributed by atoms with Crippen LogP contribution in [0.25, 0.3) is 10.8 Å². The monoisotopic (exact) mass is 402 g/mol. The second-order valence-corrected chi connectivity index (χ2v) is 9.85. The second-order valence-electron chi connectivity index (χ2n) is 9.85. The number of carbonyl (C=O) groups is 2. The molecule has 7 rings (SSSR count). The molecule has 0 N–H and O–H groups in total. The van der Waals surface area contributed by atoms with Gasteiger partial charge < -0.3 is 9.80 Å². The molecule has 156 valence electrons. The molecular formula is C26H30N2O2. The normalized spacial score (nSPS) is 32.6. The molecule has 0 spiro atoms. The van der Waals surface area contributed by atoms with Gasteiger partial charge in [0.25, 0.3) is 0 Å². The van der Waals surface area contributed by atoms with Gasteiger partial charge in [0.05, 0.1) is 0 Å². The number of benzene rings is 2. The molecule has 5 fully saturated rings. The van der Waals surface area contributed by atoms with Crippen molar-refractivity contribution in [2.24, 2.45) is 11.8 Å². The summed E-state index contributed by atoms with van der Waals surface area (Å²) in [5, 5.41) is 2.49. The van der Waals surface area contributed by atoms with Crippen LogP contribution in [-0.2, 0) is 9.59 Å². The molecule has 2 amide bonds. The summed E-state index contributed by atoms with van der Waals surface area (Å²) in [4.78, 5) is 31.2. The van der Waals surface area contributed by atoms with Crippen molar-refractivity contribution >= 4 is 22.6 Å². The number of piperidine rings is 2. The summed E-state index contributed by atoms with van der Waals surface area (Å²) < 4.78 is 0. The predicted octanol–water partition coefficient (Wildman–Crippen LogP) is 4.34. The van der Waals surface area contributed by atoms with Crippen LogP contribution in [0.15, 0.2) is 42.5 Å². The number of fused-ring (bicyclic) bond motifs is 4. The van der Waals surface area contributed by atoms with Crippen LogP contribution in [0.1, 0.15) is 56.4 Å². The number of amides is 2. The number of hydrogen-bond acceptors (Lipinski definition) is 2. The number of nitrogens with zero attached hydrogens (tertiary/aromatic N) is 2. The predicted molar refractivity (Wildman–Crippen MR) is 117 cm³/mol. The average Bonchev–Trinajstić information content (AvgIpc) is 3.42. The van der Waals surface area contributed by atoms with E-state index in [0.29, 0.717) is 11.8 Å². The molecule has 30 heavy (non-hydrogen) atoms. The Labute approximate surface area is 178 Å². The highest BCUT2D eigenvalue weighted by Crippen LogP contribution is 2.51. The van der Waals surface area contributed by atoms with Crippen LogP contribution >= 0.6 is 0 Å². The van der Waals surface area contributed by atoms with Crippen LogP contribution in [-0.4, -0.2) is 46.8 Å². The lowest BCUT2D eigenvalue weighted by atomic mass is 9.73. The molecule has 2 aromatic carbocycles. The first-order valence-corrected chi connectivity index (χ1v) is 11.8. The molecule has 2 bridgehead atoms. The van der Waals surface area contributed by atoms with Gasteiger partial charge in [0.1, 0.15) is 6.04 Å². The zero-order valence-electron chi connectivity index (χ0n) is 17.5. The van der Waals surface area contributed by atoms with Gasteiger partial charge in [-0.05, 0) is 73.1 Å². The van der Waals surface area contributed by atoms with E-state index in [-0.39, 0.29) is 29.8 Å². The van der Waals surface area contributed by atoms with Gasteiger partial charge in [0.15, 0.2) is 0 Å². The maximum absolute atomic E-state index is 13.7. The highest BCUT2D eigenvalue weighted by Gasteiger charge is 2.54. The Morgan fingerprint density at radius 1 is 0.833 bits per heavy atom. The third-order valence-electron chi connectivity index (χ3n) is 8.12. The minimum Gasteiger partial charge on any atom is -0.341 e. The Bertz CT molecular complexity index is 987. The van der Waals surface area contributed by atoms with Gasteiger partial charge in [-0.2, -0.15) is 0 Å². The molecule has 3 saturated heterocycles. The number of hydrogen-bond donors (Lipinski definition) is 0. The molecule has 4 nitrogen and oxygen atoms in total. The summed E-state index contributed by atoms with van der Waals surface area (Å²) >= 11 is 0. The van der Waals surface area contributed by atoms with Gasteiger partial charge >= 0.3 is 0 Å². The zero-order valence-corrected chi connectivity index (χ0v) is 17.5. The van der Waals surface area contributed by atoms with Crippen LogP contribution in [0.2, 0.25) is 0 Å². The first-order chi connectivity index (χ1) is 14.7. The summed E-state index contributed by atoms with van der Waals surface area (Å²) in [7, 11) is 0. The van der Waals surface area contributed by atoms with Crippen LogP contribution < -0.4 is 0 Å². The molecule has 3 atom stereocenters. The molecule has 0 unspecified atom stereocenters. The van der Waals surface area contributed by atoms with Crippen molar-refractivity contribution in [2.75, 3.05) is 13.1 Å². The number of likely N-dealkylation sites (tertiary alicyclic amines) is 1. The minimum atomic E-state index is -0.194. The Morgan fingerprint density at radius 2 is 1.57 bits per heavy atom. The van der Waals surface area contributed by atoms with Gasteiger partial charge in [-0.25, -0.2) is 0 Å². The van der Waals surface area contributed by atoms with E-state index in [1.165, 1.54) is 16.3 Å². The van der Waals surface area contributed by atoms with Gasteiger partial charge in [0, 0.05) is 25.0 Å². The lowest BCUT2D eigenvalue weighted by molar-refractivity contribution is -0.159. The van der Waals surface area contributed by atoms with Gasteiger partial charge in [-0.1, -0.05) is 42.5 Å². The Kier molecular flexibility index (Phi) is 4.36. The standard InChI is InChI=1S/C26H30N2O2/c29-25(23-16-22(23)20-8-7-17-5-1-2-6-19(17)15-20)28-21-11-9-18(10-12-21)24(28)26(30)27-13-3-4-14-27/h1-2,5-8,15,18,21-24H,3-4,9-14,16H2/t18?,21?,22-,23+,24-/m0/s1. The van der Waals surface area contributed by atoms with Crippen molar-refractivity contribution < 1.29 is 9.59 Å². The van der Waals surface area contributed by atoms with E-state index in [9.17, 15) is 9.59 Å². The minimum absolute atomic E-state index is 0.0550. The third kappa shape index (κ3) is 2.95. The topological polar surface area (TPSA) is 40.6 Å². The van der Waals surface area contributed by atoms with Crippen LogP contribution in [0, 0.1) is 11.8 Å². The number of rotatable bonds is 3. The quantitative estimate of drug-likeness (QED) is 0.766. The lowest BCUT2D eigenvalue weighted by Gasteiger charge is -2.51. The van der Waals surface area contributed by atoms with E-state index in [2.05, 4.69) is 47.4 Å². The van der Waals surface area contributed by atoms with Crippen molar-refractivity contribution in [3.63, 3.8) is 0 Å². The maximum Gasteiger partial charge on any atom is 0.245 e. The van der Waals surface area contributed by atoms with Crippen molar-refractivity contribution in [3.05, 3.63) is 48.0 Å². The fraction of sp³-hybridized carbons (Fsp3) is 0.538. The van der Waals surface area contributed by atoms with E-state index in [1.807, 2.05) is 4.90 Å². The van der Waals surface area contributed by atoms with Crippen molar-refractivity contribution in [2.45, 2.75) is 62.9 Å². The lowest BCUT2D eigenvalue weighted by Crippen LogP contribution is -2.63. The van der Waals surface area contributed by atoms with Gasteiger partial charge in [-0.15, -0.1) is 0 Å². The smallest absolute Gasteiger partial charge is 0.245 e. The number of carbonyl (C=O) groups excluding carboxylic acids is 2. The molecule has 2 saturated carbocycles. The van der Waals surface area contributed by atoms with Crippen molar-refractivity contribution in [3.8, 4) is 0 Å². The second kappa shape index (κ2) is 7.11. The average molecular weight is 403 g/mol. The fourth-order valence-corrected chi connectivity index (χ4v) is 6.38. The molecule has 0 radical (unpaired) electrons. The molecule has 5 aliphatic rings. The summed E-state index contributed by atoms with van der Waals surface area (Å²) in [5.41, 5.74) is 1.27. The van der Waals surface area contributed by atoms with E-state index in [4.69, 9.17) is 0 Å². The molecule has 3 aliphatic heterocycles. The molecule has 3 heterocycles. The Morgan fingerprint density at radius 3 is 2.33 bits per heavy atom. The highest BCUT2D eigenvalue weighted by atomic mass is 16.2. The summed E-state index contributed by atoms with van der Waals surface area (Å²) in [6.45, 7) is 1.75. The van der Waals surface area contributed by atoms with Gasteiger partial charge in [-0.3, -0.25) is 9.59 Å². The van der Waals surface area contributed by atoms with E-state index < -0.39 is 0 Å². The molecule has 2 aliphatic carbocycles. The van der Waals surface area contributed by atoms with E-state index >= 15 is 0 Å². The van der Waals surface area contributed by atoms with E-state index in [1.54, 1.807) is 0 Å². The van der Waals surface area contributed by atoms with Crippen LogP contribution in [0.4, 0.5) is 0 Å². The largest absolute Gasteiger partial charge is 0.341 e. The fourth-order valence-electron chi connectivity index (χ4n) is 6.38. The Balaban J connectivity index is 1.24. The SMILES string of the molecule is O=C([C@@H]1C2CCC(CC2)N1C(=O)[C@@H]1C[C@H]1c1ccc2ccccc2c1)N1CCCC1. The third-order valence-corrected chi connectivity index (χ3v) is 8.12. The maximum atomic E-state index is 13.7. The van der Waals surface area contributed by atoms with Gasteiger partial charge in [0.2, 0.25) is 11.8 Å². The van der Waals surface area contributed by atoms with Crippen molar-refractivity contribution in [1.82, 2.24) is 9.80 Å². The zero-order chi connectivity index (χ0) is 20.2. The summed E-state index contributed by atoms with van der Waals surface area (Å²) in [6, 6.07) is 15.1. The summed E-state index contributed by atoms with van der Waals surface area (Å²) in [5.74, 6) is 1.22. The molecule has 2 aromatic rings. The van der Waals surface area contributed by atoms with Crippen molar-refractivity contribution in [1.29, 1.82) is 0 Å². The molecule has 0 aromatic heterocycles.